The molecule has 1 aromatic carbocycles. The maximum absolute atomic E-state index is 12.5. The maximum Gasteiger partial charge on any atom is 0.253 e. The number of amides is 1. The molecular weight excluding hydrogens is 368 g/mol. The molecule has 5 nitrogen and oxygen atoms in total. The number of fused-ring (bicyclic) bond motifs is 1. The van der Waals surface area contributed by atoms with Crippen molar-refractivity contribution in [1.29, 1.82) is 0 Å². The number of hydrogen-bond acceptors (Lipinski definition) is 3. The van der Waals surface area contributed by atoms with Crippen molar-refractivity contribution in [3.63, 3.8) is 0 Å². The van der Waals surface area contributed by atoms with E-state index in [2.05, 4.69) is 45.2 Å². The van der Waals surface area contributed by atoms with Crippen LogP contribution in [-0.2, 0) is 6.54 Å². The molecule has 1 N–H and O–H groups in total. The number of nitrogens with one attached hydrogen (secondary N) is 1. The summed E-state index contributed by atoms with van der Waals surface area (Å²) in [6.07, 6.45) is 1.76. The first-order valence-electron chi connectivity index (χ1n) is 7.83. The highest BCUT2D eigenvalue weighted by atomic mass is 79.9. The van der Waals surface area contributed by atoms with Crippen LogP contribution in [0.5, 0.6) is 0 Å². The van der Waals surface area contributed by atoms with Crippen LogP contribution < -0.4 is 5.32 Å². The van der Waals surface area contributed by atoms with Crippen LogP contribution in [0.1, 0.15) is 41.5 Å². The molecule has 0 spiro atoms. The molecular formula is C18H19BrN4O. The van der Waals surface area contributed by atoms with Crippen molar-refractivity contribution >= 4 is 32.9 Å². The van der Waals surface area contributed by atoms with Crippen LogP contribution in [0.3, 0.4) is 0 Å². The Morgan fingerprint density at radius 3 is 2.83 bits per heavy atom. The summed E-state index contributed by atoms with van der Waals surface area (Å²) in [4.78, 5) is 17.1. The quantitative estimate of drug-likeness (QED) is 0.736. The van der Waals surface area contributed by atoms with Crippen LogP contribution in [0.4, 0.5) is 0 Å². The third kappa shape index (κ3) is 3.33. The molecule has 0 unspecified atom stereocenters. The first kappa shape index (κ1) is 16.6. The first-order chi connectivity index (χ1) is 11.5. The Balaban J connectivity index is 1.83. The molecule has 0 bridgehead atoms. The third-order valence-electron chi connectivity index (χ3n) is 3.84. The largest absolute Gasteiger partial charge is 0.348 e. The van der Waals surface area contributed by atoms with Gasteiger partial charge in [-0.25, -0.2) is 9.67 Å². The molecule has 0 saturated heterocycles. The molecule has 0 radical (unpaired) electrons. The van der Waals surface area contributed by atoms with Crippen molar-refractivity contribution in [1.82, 2.24) is 20.1 Å². The Morgan fingerprint density at radius 1 is 1.33 bits per heavy atom. The standard InChI is InChI=1S/C18H19BrN4O/c1-11(2)23-17-14(10-21-23)8-16(12(3)22-17)18(24)20-9-13-5-4-6-15(19)7-13/h4-8,10-11H,9H2,1-3H3,(H,20,24). The summed E-state index contributed by atoms with van der Waals surface area (Å²) in [5.74, 6) is -0.126. The smallest absolute Gasteiger partial charge is 0.253 e. The van der Waals surface area contributed by atoms with Gasteiger partial charge in [0.2, 0.25) is 0 Å². The second kappa shape index (κ2) is 6.73. The number of nitrogens with zero attached hydrogens (tertiary/aromatic N) is 3. The number of halogens is 1. The molecule has 124 valence electrons. The fraction of sp³-hybridized carbons (Fsp3) is 0.278. The fourth-order valence-electron chi connectivity index (χ4n) is 2.60. The molecule has 3 rings (SSSR count). The topological polar surface area (TPSA) is 59.8 Å². The summed E-state index contributed by atoms with van der Waals surface area (Å²) in [5.41, 5.74) is 3.14. The third-order valence-corrected chi connectivity index (χ3v) is 4.33. The lowest BCUT2D eigenvalue weighted by atomic mass is 10.1. The molecule has 0 atom stereocenters. The molecule has 1 amide bonds. The lowest BCUT2D eigenvalue weighted by Crippen LogP contribution is -2.24. The van der Waals surface area contributed by atoms with Crippen molar-refractivity contribution in [2.45, 2.75) is 33.4 Å². The molecule has 0 fully saturated rings. The normalized spacial score (nSPS) is 11.2. The average molecular weight is 387 g/mol. The van der Waals surface area contributed by atoms with Gasteiger partial charge in [0.05, 0.1) is 17.5 Å². The Bertz CT molecular complexity index is 901. The molecule has 2 heterocycles. The minimum Gasteiger partial charge on any atom is -0.348 e. The number of aryl methyl sites for hydroxylation is 1. The number of rotatable bonds is 4. The van der Waals surface area contributed by atoms with Gasteiger partial charge < -0.3 is 5.32 Å². The number of carbonyl (C=O) groups excluding carboxylic acids is 1. The van der Waals surface area contributed by atoms with E-state index in [9.17, 15) is 4.79 Å². The summed E-state index contributed by atoms with van der Waals surface area (Å²) in [6.45, 7) is 6.44. The van der Waals surface area contributed by atoms with Gasteiger partial charge >= 0.3 is 0 Å². The first-order valence-corrected chi connectivity index (χ1v) is 8.62. The van der Waals surface area contributed by atoms with Gasteiger partial charge in [-0.1, -0.05) is 28.1 Å². The van der Waals surface area contributed by atoms with Gasteiger partial charge in [0.25, 0.3) is 5.91 Å². The van der Waals surface area contributed by atoms with Crippen LogP contribution in [0.15, 0.2) is 41.0 Å². The van der Waals surface area contributed by atoms with E-state index < -0.39 is 0 Å². The van der Waals surface area contributed by atoms with Gasteiger partial charge in [0, 0.05) is 22.4 Å². The summed E-state index contributed by atoms with van der Waals surface area (Å²) >= 11 is 3.43. The van der Waals surface area contributed by atoms with Crippen molar-refractivity contribution in [3.8, 4) is 0 Å². The molecule has 3 aromatic rings. The van der Waals surface area contributed by atoms with Crippen molar-refractivity contribution in [2.24, 2.45) is 0 Å². The van der Waals surface area contributed by atoms with Gasteiger partial charge in [-0.15, -0.1) is 0 Å². The van der Waals surface area contributed by atoms with Gasteiger partial charge in [-0.2, -0.15) is 5.10 Å². The minimum atomic E-state index is -0.126. The summed E-state index contributed by atoms with van der Waals surface area (Å²) in [7, 11) is 0. The van der Waals surface area contributed by atoms with E-state index in [0.717, 1.165) is 21.1 Å². The zero-order chi connectivity index (χ0) is 17.3. The molecule has 24 heavy (non-hydrogen) atoms. The van der Waals surface area contributed by atoms with E-state index in [4.69, 9.17) is 0 Å². The lowest BCUT2D eigenvalue weighted by Gasteiger charge is -2.10. The van der Waals surface area contributed by atoms with E-state index in [1.807, 2.05) is 41.9 Å². The predicted octanol–water partition coefficient (Wildman–Crippen LogP) is 4.01. The average Bonchev–Trinajstić information content (AvgIpc) is 2.94. The number of benzene rings is 1. The van der Waals surface area contributed by atoms with E-state index >= 15 is 0 Å². The zero-order valence-electron chi connectivity index (χ0n) is 13.9. The molecule has 0 aliphatic rings. The van der Waals surface area contributed by atoms with Crippen LogP contribution in [0.2, 0.25) is 0 Å². The minimum absolute atomic E-state index is 0.126. The summed E-state index contributed by atoms with van der Waals surface area (Å²) in [5, 5.41) is 8.18. The number of aromatic nitrogens is 3. The van der Waals surface area contributed by atoms with Crippen LogP contribution in [0, 0.1) is 6.92 Å². The fourth-order valence-corrected chi connectivity index (χ4v) is 3.04. The van der Waals surface area contributed by atoms with Crippen LogP contribution in [0.25, 0.3) is 11.0 Å². The molecule has 2 aromatic heterocycles. The van der Waals surface area contributed by atoms with E-state index in [1.54, 1.807) is 6.20 Å². The number of hydrogen-bond donors (Lipinski definition) is 1. The monoisotopic (exact) mass is 386 g/mol. The van der Waals surface area contributed by atoms with Gasteiger partial charge in [0.15, 0.2) is 5.65 Å². The Morgan fingerprint density at radius 2 is 2.12 bits per heavy atom. The summed E-state index contributed by atoms with van der Waals surface area (Å²) in [6, 6.07) is 9.96. The van der Waals surface area contributed by atoms with Crippen LogP contribution in [-0.4, -0.2) is 20.7 Å². The predicted molar refractivity (Wildman–Crippen MR) is 98.0 cm³/mol. The Labute approximate surface area is 149 Å². The van der Waals surface area contributed by atoms with Crippen molar-refractivity contribution in [2.75, 3.05) is 0 Å². The Hall–Kier alpha value is -2.21. The highest BCUT2D eigenvalue weighted by Gasteiger charge is 2.15. The van der Waals surface area contributed by atoms with Crippen molar-refractivity contribution < 1.29 is 4.79 Å². The summed E-state index contributed by atoms with van der Waals surface area (Å²) < 4.78 is 2.86. The maximum atomic E-state index is 12.5. The number of carbonyl (C=O) groups is 1. The van der Waals surface area contributed by atoms with Gasteiger partial charge in [0.1, 0.15) is 0 Å². The van der Waals surface area contributed by atoms with Crippen LogP contribution >= 0.6 is 15.9 Å². The molecule has 0 aliphatic heterocycles. The number of pyridine rings is 1. The van der Waals surface area contributed by atoms with E-state index in [1.165, 1.54) is 0 Å². The van der Waals surface area contributed by atoms with E-state index in [-0.39, 0.29) is 11.9 Å². The molecule has 6 heteroatoms. The molecule has 0 saturated carbocycles. The highest BCUT2D eigenvalue weighted by molar-refractivity contribution is 9.10. The Kier molecular flexibility index (Phi) is 4.66. The molecule has 0 aliphatic carbocycles. The lowest BCUT2D eigenvalue weighted by molar-refractivity contribution is 0.0950. The zero-order valence-corrected chi connectivity index (χ0v) is 15.5. The highest BCUT2D eigenvalue weighted by Crippen LogP contribution is 2.19. The SMILES string of the molecule is Cc1nc2c(cnn2C(C)C)cc1C(=O)NCc1cccc(Br)c1. The van der Waals surface area contributed by atoms with E-state index in [0.29, 0.717) is 17.8 Å². The van der Waals surface area contributed by atoms with Crippen molar-refractivity contribution in [3.05, 3.63) is 57.8 Å². The second-order valence-electron chi connectivity index (χ2n) is 6.03. The second-order valence-corrected chi connectivity index (χ2v) is 6.95. The van der Waals surface area contributed by atoms with Gasteiger partial charge in [-0.05, 0) is 44.5 Å². The van der Waals surface area contributed by atoms with Gasteiger partial charge in [-0.3, -0.25) is 4.79 Å².